The van der Waals surface area contributed by atoms with E-state index in [1.165, 1.54) is 0 Å². The Morgan fingerprint density at radius 3 is 2.42 bits per heavy atom. The Hall–Kier alpha value is -3.58. The molecule has 1 heterocycles. The molecule has 0 saturated carbocycles. The Morgan fingerprint density at radius 1 is 0.968 bits per heavy atom. The third-order valence-electron chi connectivity index (χ3n) is 4.80. The lowest BCUT2D eigenvalue weighted by Gasteiger charge is -2.08. The number of anilines is 1. The topological polar surface area (TPSA) is 69.0 Å². The summed E-state index contributed by atoms with van der Waals surface area (Å²) < 4.78 is 7.40. The van der Waals surface area contributed by atoms with Crippen LogP contribution < -0.4 is 10.1 Å². The number of thioether (sulfide) groups is 1. The number of para-hydroxylation sites is 2. The quantitative estimate of drug-likeness (QED) is 0.416. The van der Waals surface area contributed by atoms with E-state index in [-0.39, 0.29) is 5.91 Å². The van der Waals surface area contributed by atoms with Crippen LogP contribution in [-0.2, 0) is 12.8 Å². The number of aromatic nitrogens is 3. The van der Waals surface area contributed by atoms with Crippen LogP contribution in [0.2, 0.25) is 0 Å². The number of hydrogen-bond acceptors (Lipinski definition) is 5. The highest BCUT2D eigenvalue weighted by atomic mass is 32.2. The van der Waals surface area contributed by atoms with Gasteiger partial charge in [-0.1, -0.05) is 54.2 Å². The summed E-state index contributed by atoms with van der Waals surface area (Å²) in [5, 5.41) is 12.4. The second-order valence-corrected chi connectivity index (χ2v) is 7.81. The van der Waals surface area contributed by atoms with Crippen molar-refractivity contribution in [1.29, 1.82) is 0 Å². The molecule has 0 spiro atoms. The van der Waals surface area contributed by atoms with E-state index in [1.807, 2.05) is 90.5 Å². The first-order valence-corrected chi connectivity index (χ1v) is 10.7. The van der Waals surface area contributed by atoms with Crippen LogP contribution in [0.5, 0.6) is 5.75 Å². The molecule has 0 saturated heterocycles. The molecule has 156 valence electrons. The molecule has 0 atom stereocenters. The Labute approximate surface area is 185 Å². The number of carbonyl (C=O) groups excluding carboxylic acids is 1. The normalized spacial score (nSPS) is 10.6. The number of methoxy groups -OCH3 is 1. The van der Waals surface area contributed by atoms with E-state index in [0.717, 1.165) is 39.3 Å². The van der Waals surface area contributed by atoms with Crippen molar-refractivity contribution in [2.45, 2.75) is 10.9 Å². The molecule has 1 N–H and O–H groups in total. The summed E-state index contributed by atoms with van der Waals surface area (Å²) in [5.41, 5.74) is 3.40. The van der Waals surface area contributed by atoms with Crippen LogP contribution in [-0.4, -0.2) is 27.8 Å². The van der Waals surface area contributed by atoms with Crippen molar-refractivity contribution >= 4 is 23.4 Å². The Morgan fingerprint density at radius 2 is 1.68 bits per heavy atom. The van der Waals surface area contributed by atoms with E-state index in [4.69, 9.17) is 4.74 Å². The number of hydrogen-bond donors (Lipinski definition) is 1. The van der Waals surface area contributed by atoms with Gasteiger partial charge in [0.15, 0.2) is 11.0 Å². The molecule has 0 fully saturated rings. The highest BCUT2D eigenvalue weighted by molar-refractivity contribution is 7.98. The molecule has 1 aromatic heterocycles. The molecular weight excluding hydrogens is 408 g/mol. The summed E-state index contributed by atoms with van der Waals surface area (Å²) in [6.07, 6.45) is 0. The van der Waals surface area contributed by atoms with Crippen LogP contribution >= 0.6 is 11.8 Å². The van der Waals surface area contributed by atoms with Gasteiger partial charge in [0.05, 0.1) is 12.7 Å². The molecule has 7 heteroatoms. The SMILES string of the molecule is COc1ccccc1-c1nnc(SCc2ccc(C(=O)Nc3ccccc3)cc2)n1C. The van der Waals surface area contributed by atoms with Gasteiger partial charge in [-0.3, -0.25) is 4.79 Å². The second-order valence-electron chi connectivity index (χ2n) is 6.87. The zero-order chi connectivity index (χ0) is 21.6. The van der Waals surface area contributed by atoms with Crippen molar-refractivity contribution in [2.75, 3.05) is 12.4 Å². The van der Waals surface area contributed by atoms with E-state index in [0.29, 0.717) is 5.56 Å². The van der Waals surface area contributed by atoms with Gasteiger partial charge in [0.1, 0.15) is 5.75 Å². The van der Waals surface area contributed by atoms with Gasteiger partial charge < -0.3 is 14.6 Å². The van der Waals surface area contributed by atoms with E-state index in [1.54, 1.807) is 18.9 Å². The number of ether oxygens (including phenoxy) is 1. The zero-order valence-corrected chi connectivity index (χ0v) is 18.1. The van der Waals surface area contributed by atoms with Gasteiger partial charge in [-0.15, -0.1) is 10.2 Å². The number of carbonyl (C=O) groups is 1. The molecule has 3 aromatic carbocycles. The summed E-state index contributed by atoms with van der Waals surface area (Å²) in [5.74, 6) is 2.12. The number of amides is 1. The summed E-state index contributed by atoms with van der Waals surface area (Å²) in [7, 11) is 3.59. The minimum Gasteiger partial charge on any atom is -0.496 e. The highest BCUT2D eigenvalue weighted by Crippen LogP contribution is 2.30. The highest BCUT2D eigenvalue weighted by Gasteiger charge is 2.15. The first-order valence-electron chi connectivity index (χ1n) is 9.76. The largest absolute Gasteiger partial charge is 0.496 e. The third kappa shape index (κ3) is 4.78. The van der Waals surface area contributed by atoms with Crippen molar-refractivity contribution < 1.29 is 9.53 Å². The molecule has 31 heavy (non-hydrogen) atoms. The molecule has 1 amide bonds. The standard InChI is InChI=1S/C24H22N4O2S/c1-28-22(20-10-6-7-11-21(20)30-2)26-27-24(28)31-16-17-12-14-18(15-13-17)23(29)25-19-8-4-3-5-9-19/h3-15H,16H2,1-2H3,(H,25,29). The van der Waals surface area contributed by atoms with Crippen LogP contribution in [0.25, 0.3) is 11.4 Å². The Balaban J connectivity index is 1.41. The third-order valence-corrected chi connectivity index (χ3v) is 5.89. The lowest BCUT2D eigenvalue weighted by atomic mass is 10.1. The van der Waals surface area contributed by atoms with Crippen LogP contribution in [0.1, 0.15) is 15.9 Å². The monoisotopic (exact) mass is 430 g/mol. The Kier molecular flexibility index (Phi) is 6.33. The predicted octanol–water partition coefficient (Wildman–Crippen LogP) is 5.04. The average Bonchev–Trinajstić information content (AvgIpc) is 3.18. The van der Waals surface area contributed by atoms with Gasteiger partial charge in [-0.25, -0.2) is 0 Å². The molecular formula is C24H22N4O2S. The fourth-order valence-electron chi connectivity index (χ4n) is 3.13. The maximum absolute atomic E-state index is 12.4. The average molecular weight is 431 g/mol. The van der Waals surface area contributed by atoms with E-state index < -0.39 is 0 Å². The number of nitrogens with one attached hydrogen (secondary N) is 1. The van der Waals surface area contributed by atoms with Crippen molar-refractivity contribution in [2.24, 2.45) is 7.05 Å². The summed E-state index contributed by atoms with van der Waals surface area (Å²) in [6, 6.07) is 24.8. The molecule has 4 aromatic rings. The first-order chi connectivity index (χ1) is 15.2. The van der Waals surface area contributed by atoms with Crippen molar-refractivity contribution in [1.82, 2.24) is 14.8 Å². The number of rotatable bonds is 7. The van der Waals surface area contributed by atoms with Gasteiger partial charge >= 0.3 is 0 Å². The lowest BCUT2D eigenvalue weighted by Crippen LogP contribution is -2.11. The minimum absolute atomic E-state index is 0.125. The van der Waals surface area contributed by atoms with Crippen molar-refractivity contribution in [3.05, 3.63) is 90.0 Å². The molecule has 0 aliphatic heterocycles. The minimum atomic E-state index is -0.125. The van der Waals surface area contributed by atoms with Crippen LogP contribution in [0, 0.1) is 0 Å². The first kappa shape index (κ1) is 20.7. The van der Waals surface area contributed by atoms with E-state index >= 15 is 0 Å². The number of nitrogens with zero attached hydrogens (tertiary/aromatic N) is 3. The Bertz CT molecular complexity index is 1170. The van der Waals surface area contributed by atoms with Crippen LogP contribution in [0.4, 0.5) is 5.69 Å². The lowest BCUT2D eigenvalue weighted by molar-refractivity contribution is 0.102. The smallest absolute Gasteiger partial charge is 0.255 e. The van der Waals surface area contributed by atoms with Gasteiger partial charge in [-0.2, -0.15) is 0 Å². The zero-order valence-electron chi connectivity index (χ0n) is 17.3. The van der Waals surface area contributed by atoms with Crippen molar-refractivity contribution in [3.8, 4) is 17.1 Å². The summed E-state index contributed by atoms with van der Waals surface area (Å²) in [6.45, 7) is 0. The summed E-state index contributed by atoms with van der Waals surface area (Å²) in [4.78, 5) is 12.4. The molecule has 0 aliphatic carbocycles. The van der Waals surface area contributed by atoms with Gasteiger partial charge in [0.25, 0.3) is 5.91 Å². The van der Waals surface area contributed by atoms with E-state index in [2.05, 4.69) is 15.5 Å². The van der Waals surface area contributed by atoms with Gasteiger partial charge in [-0.05, 0) is 42.0 Å². The molecule has 0 radical (unpaired) electrons. The molecule has 4 rings (SSSR count). The fraction of sp³-hybridized carbons (Fsp3) is 0.125. The second kappa shape index (κ2) is 9.49. The molecule has 0 aliphatic rings. The fourth-order valence-corrected chi connectivity index (χ4v) is 4.00. The molecule has 0 bridgehead atoms. The summed E-state index contributed by atoms with van der Waals surface area (Å²) >= 11 is 1.59. The van der Waals surface area contributed by atoms with Gasteiger partial charge in [0.2, 0.25) is 0 Å². The maximum atomic E-state index is 12.4. The van der Waals surface area contributed by atoms with Crippen molar-refractivity contribution in [3.63, 3.8) is 0 Å². The van der Waals surface area contributed by atoms with Crippen LogP contribution in [0.15, 0.2) is 84.0 Å². The molecule has 6 nitrogen and oxygen atoms in total. The van der Waals surface area contributed by atoms with E-state index in [9.17, 15) is 4.79 Å². The predicted molar refractivity (Wildman–Crippen MR) is 123 cm³/mol. The van der Waals surface area contributed by atoms with Gasteiger partial charge in [0, 0.05) is 24.1 Å². The maximum Gasteiger partial charge on any atom is 0.255 e. The van der Waals surface area contributed by atoms with Crippen LogP contribution in [0.3, 0.4) is 0 Å². The number of benzene rings is 3. The molecule has 0 unspecified atom stereocenters.